The maximum Gasteiger partial charge on any atom is 0.266 e. The summed E-state index contributed by atoms with van der Waals surface area (Å²) in [7, 11) is 3.16. The predicted molar refractivity (Wildman–Crippen MR) is 111 cm³/mol. The molecule has 0 aliphatic heterocycles. The monoisotopic (exact) mass is 418 g/mol. The van der Waals surface area contributed by atoms with Crippen molar-refractivity contribution in [1.82, 2.24) is 4.98 Å². The van der Waals surface area contributed by atoms with Crippen LogP contribution < -0.4 is 19.5 Å². The molecule has 3 rings (SSSR count). The van der Waals surface area contributed by atoms with E-state index in [0.717, 1.165) is 11.3 Å². The number of carbonyl (C=O) groups excluding carboxylic acids is 1. The van der Waals surface area contributed by atoms with Gasteiger partial charge in [0.2, 0.25) is 0 Å². The van der Waals surface area contributed by atoms with Gasteiger partial charge in [-0.25, -0.2) is 4.98 Å². The smallest absolute Gasteiger partial charge is 0.266 e. The van der Waals surface area contributed by atoms with Gasteiger partial charge in [0.25, 0.3) is 5.91 Å². The van der Waals surface area contributed by atoms with E-state index in [2.05, 4.69) is 10.3 Å². The highest BCUT2D eigenvalue weighted by Crippen LogP contribution is 2.33. The zero-order valence-corrected chi connectivity index (χ0v) is 17.1. The first-order valence-electron chi connectivity index (χ1n) is 8.41. The third-order valence-corrected chi connectivity index (χ3v) is 4.92. The fraction of sp³-hybridized carbons (Fsp3) is 0.200. The Bertz CT molecular complexity index is 959. The minimum absolute atomic E-state index is 0.289. The Balaban J connectivity index is 1.66. The Labute approximate surface area is 172 Å². The number of ether oxygens (including phenoxy) is 3. The van der Waals surface area contributed by atoms with Crippen molar-refractivity contribution in [3.63, 3.8) is 0 Å². The summed E-state index contributed by atoms with van der Waals surface area (Å²) in [5.41, 5.74) is 1.59. The van der Waals surface area contributed by atoms with Crippen LogP contribution >= 0.6 is 22.9 Å². The Morgan fingerprint density at radius 2 is 1.82 bits per heavy atom. The van der Waals surface area contributed by atoms with Crippen molar-refractivity contribution < 1.29 is 19.0 Å². The first-order chi connectivity index (χ1) is 13.5. The molecule has 1 aromatic heterocycles. The van der Waals surface area contributed by atoms with E-state index in [9.17, 15) is 4.79 Å². The van der Waals surface area contributed by atoms with Crippen molar-refractivity contribution in [2.45, 2.75) is 13.0 Å². The van der Waals surface area contributed by atoms with Crippen LogP contribution in [0.3, 0.4) is 0 Å². The molecule has 0 saturated heterocycles. The van der Waals surface area contributed by atoms with Crippen LogP contribution in [0.5, 0.6) is 17.2 Å². The summed E-state index contributed by atoms with van der Waals surface area (Å²) < 4.78 is 16.2. The molecule has 0 aliphatic carbocycles. The second-order valence-electron chi connectivity index (χ2n) is 5.81. The number of carbonyl (C=O) groups is 1. The number of nitrogens with one attached hydrogen (secondary N) is 1. The summed E-state index contributed by atoms with van der Waals surface area (Å²) in [6.45, 7) is 1.67. The molecule has 0 radical (unpaired) electrons. The molecule has 2 aromatic carbocycles. The molecule has 0 saturated carbocycles. The zero-order chi connectivity index (χ0) is 20.1. The summed E-state index contributed by atoms with van der Waals surface area (Å²) in [5.74, 6) is 1.53. The molecule has 0 bridgehead atoms. The molecule has 0 spiro atoms. The Morgan fingerprint density at radius 3 is 2.50 bits per heavy atom. The molecule has 1 atom stereocenters. The van der Waals surface area contributed by atoms with Crippen LogP contribution in [0.4, 0.5) is 5.13 Å². The van der Waals surface area contributed by atoms with Crippen LogP contribution in [0.25, 0.3) is 11.3 Å². The SMILES string of the molecule is COc1ccc(-c2csc(NC(=O)[C@H](C)Oc3ccc(Cl)cc3)n2)cc1OC. The second-order valence-corrected chi connectivity index (χ2v) is 7.11. The number of halogens is 1. The lowest BCUT2D eigenvalue weighted by Gasteiger charge is -2.13. The summed E-state index contributed by atoms with van der Waals surface area (Å²) in [6.07, 6.45) is -0.686. The molecule has 1 heterocycles. The molecular formula is C20H19ClN2O4S. The molecule has 0 fully saturated rings. The number of rotatable bonds is 7. The zero-order valence-electron chi connectivity index (χ0n) is 15.6. The Morgan fingerprint density at radius 1 is 1.11 bits per heavy atom. The highest BCUT2D eigenvalue weighted by Gasteiger charge is 2.17. The molecule has 1 N–H and O–H groups in total. The lowest BCUT2D eigenvalue weighted by atomic mass is 10.1. The van der Waals surface area contributed by atoms with Gasteiger partial charge in [-0.1, -0.05) is 11.6 Å². The van der Waals surface area contributed by atoms with Gasteiger partial charge in [0.1, 0.15) is 5.75 Å². The average molecular weight is 419 g/mol. The Kier molecular flexibility index (Phi) is 6.38. The minimum atomic E-state index is -0.686. The average Bonchev–Trinajstić information content (AvgIpc) is 3.17. The maximum atomic E-state index is 12.4. The number of thiazole rings is 1. The molecule has 3 aromatic rings. The van der Waals surface area contributed by atoms with Crippen molar-refractivity contribution in [3.05, 3.63) is 52.9 Å². The summed E-state index contributed by atoms with van der Waals surface area (Å²) in [5, 5.41) is 5.73. The topological polar surface area (TPSA) is 69.7 Å². The van der Waals surface area contributed by atoms with Crippen LogP contribution in [-0.4, -0.2) is 31.2 Å². The van der Waals surface area contributed by atoms with Crippen LogP contribution in [0.15, 0.2) is 47.8 Å². The normalized spacial score (nSPS) is 11.6. The Hall–Kier alpha value is -2.77. The van der Waals surface area contributed by atoms with Gasteiger partial charge in [-0.05, 0) is 49.4 Å². The third-order valence-electron chi connectivity index (χ3n) is 3.91. The molecule has 0 aliphatic rings. The number of aromatic nitrogens is 1. The van der Waals surface area contributed by atoms with Gasteiger partial charge >= 0.3 is 0 Å². The number of amides is 1. The van der Waals surface area contributed by atoms with Crippen molar-refractivity contribution in [3.8, 4) is 28.5 Å². The van der Waals surface area contributed by atoms with E-state index in [0.29, 0.717) is 27.4 Å². The van der Waals surface area contributed by atoms with Gasteiger partial charge in [-0.15, -0.1) is 11.3 Å². The molecule has 1 amide bonds. The van der Waals surface area contributed by atoms with E-state index >= 15 is 0 Å². The molecule has 8 heteroatoms. The number of anilines is 1. The first-order valence-corrected chi connectivity index (χ1v) is 9.67. The van der Waals surface area contributed by atoms with Crippen molar-refractivity contribution in [2.75, 3.05) is 19.5 Å². The predicted octanol–water partition coefficient (Wildman–Crippen LogP) is 4.89. The summed E-state index contributed by atoms with van der Waals surface area (Å²) in [6, 6.07) is 12.4. The van der Waals surface area contributed by atoms with Gasteiger partial charge in [0.05, 0.1) is 19.9 Å². The molecular weight excluding hydrogens is 400 g/mol. The quantitative estimate of drug-likeness (QED) is 0.591. The number of nitrogens with zero attached hydrogens (tertiary/aromatic N) is 1. The molecule has 146 valence electrons. The maximum absolute atomic E-state index is 12.4. The lowest BCUT2D eigenvalue weighted by Crippen LogP contribution is -2.30. The van der Waals surface area contributed by atoms with E-state index in [4.69, 9.17) is 25.8 Å². The summed E-state index contributed by atoms with van der Waals surface area (Å²) >= 11 is 7.18. The third kappa shape index (κ3) is 4.74. The number of hydrogen-bond acceptors (Lipinski definition) is 6. The first kappa shape index (κ1) is 20.0. The van der Waals surface area contributed by atoms with Gasteiger partial charge in [-0.3, -0.25) is 10.1 Å². The van der Waals surface area contributed by atoms with E-state index in [-0.39, 0.29) is 5.91 Å². The van der Waals surface area contributed by atoms with Gasteiger partial charge in [0.15, 0.2) is 22.7 Å². The van der Waals surface area contributed by atoms with Gasteiger partial charge in [-0.2, -0.15) is 0 Å². The van der Waals surface area contributed by atoms with E-state index < -0.39 is 6.10 Å². The van der Waals surface area contributed by atoms with E-state index in [1.165, 1.54) is 11.3 Å². The van der Waals surface area contributed by atoms with Crippen molar-refractivity contribution >= 4 is 34.0 Å². The minimum Gasteiger partial charge on any atom is -0.493 e. The second kappa shape index (κ2) is 8.95. The highest BCUT2D eigenvalue weighted by molar-refractivity contribution is 7.14. The number of hydrogen-bond donors (Lipinski definition) is 1. The summed E-state index contributed by atoms with van der Waals surface area (Å²) in [4.78, 5) is 16.9. The van der Waals surface area contributed by atoms with Gasteiger partial charge < -0.3 is 14.2 Å². The molecule has 28 heavy (non-hydrogen) atoms. The fourth-order valence-electron chi connectivity index (χ4n) is 2.44. The highest BCUT2D eigenvalue weighted by atomic mass is 35.5. The van der Waals surface area contributed by atoms with Crippen LogP contribution in [0.2, 0.25) is 5.02 Å². The lowest BCUT2D eigenvalue weighted by molar-refractivity contribution is -0.122. The molecule has 6 nitrogen and oxygen atoms in total. The number of benzene rings is 2. The van der Waals surface area contributed by atoms with Gasteiger partial charge in [0, 0.05) is 16.0 Å². The molecule has 0 unspecified atom stereocenters. The van der Waals surface area contributed by atoms with Crippen LogP contribution in [0.1, 0.15) is 6.92 Å². The van der Waals surface area contributed by atoms with Crippen LogP contribution in [-0.2, 0) is 4.79 Å². The fourth-order valence-corrected chi connectivity index (χ4v) is 3.29. The van der Waals surface area contributed by atoms with Crippen LogP contribution in [0, 0.1) is 0 Å². The standard InChI is InChI=1S/C20H19ClN2O4S/c1-12(27-15-7-5-14(21)6-8-15)19(24)23-20-22-16(11-28-20)13-4-9-17(25-2)18(10-13)26-3/h4-12H,1-3H3,(H,22,23,24)/t12-/m0/s1. The van der Waals surface area contributed by atoms with Crippen molar-refractivity contribution in [1.29, 1.82) is 0 Å². The van der Waals surface area contributed by atoms with Crippen molar-refractivity contribution in [2.24, 2.45) is 0 Å². The van der Waals surface area contributed by atoms with E-state index in [1.54, 1.807) is 45.4 Å². The van der Waals surface area contributed by atoms with E-state index in [1.807, 2.05) is 23.6 Å². The number of methoxy groups -OCH3 is 2. The largest absolute Gasteiger partial charge is 0.493 e.